The van der Waals surface area contributed by atoms with Gasteiger partial charge in [0, 0.05) is 35.8 Å². The average Bonchev–Trinajstić information content (AvgIpc) is 3.53. The highest BCUT2D eigenvalue weighted by molar-refractivity contribution is 7.90. The van der Waals surface area contributed by atoms with Gasteiger partial charge in [0.05, 0.1) is 16.4 Å². The number of primary amides is 1. The SMILES string of the molecule is C#C[C@@H]1C[C@@]2(CN1C(=O)[C@H](CC(C)(C)F)n1c(C(N)=O)cc3cc(S(C)(=O)=O)ccc31)C(=O)Nc1ccccc12. The first kappa shape index (κ1) is 27.4. The van der Waals surface area contributed by atoms with E-state index in [0.717, 1.165) is 11.8 Å². The zero-order chi connectivity index (χ0) is 29.2. The maximum Gasteiger partial charge on any atom is 0.265 e. The van der Waals surface area contributed by atoms with Crippen molar-refractivity contribution < 1.29 is 27.2 Å². The van der Waals surface area contributed by atoms with Crippen LogP contribution in [0.4, 0.5) is 10.1 Å². The third-order valence-electron chi connectivity index (χ3n) is 7.73. The molecular weight excluding hydrogens is 535 g/mol. The Morgan fingerprint density at radius 2 is 1.95 bits per heavy atom. The molecule has 2 aromatic carbocycles. The number of amides is 3. The molecule has 0 radical (unpaired) electrons. The van der Waals surface area contributed by atoms with Gasteiger partial charge >= 0.3 is 0 Å². The number of hydrogen-bond donors (Lipinski definition) is 2. The molecule has 1 spiro atoms. The van der Waals surface area contributed by atoms with E-state index in [2.05, 4.69) is 11.2 Å². The molecule has 2 aliphatic rings. The van der Waals surface area contributed by atoms with Crippen molar-refractivity contribution in [3.05, 3.63) is 59.8 Å². The fraction of sp³-hybridized carbons (Fsp3) is 0.345. The minimum absolute atomic E-state index is 0.0154. The lowest BCUT2D eigenvalue weighted by Gasteiger charge is -2.31. The minimum Gasteiger partial charge on any atom is -0.364 e. The predicted molar refractivity (Wildman–Crippen MR) is 148 cm³/mol. The summed E-state index contributed by atoms with van der Waals surface area (Å²) in [4.78, 5) is 41.6. The summed E-state index contributed by atoms with van der Waals surface area (Å²) in [6, 6.07) is 10.8. The highest BCUT2D eigenvalue weighted by Crippen LogP contribution is 2.47. The molecule has 1 saturated heterocycles. The number of nitrogens with one attached hydrogen (secondary N) is 1. The molecule has 9 nitrogen and oxygen atoms in total. The summed E-state index contributed by atoms with van der Waals surface area (Å²) in [5, 5.41) is 3.22. The van der Waals surface area contributed by atoms with E-state index in [0.29, 0.717) is 16.6 Å². The van der Waals surface area contributed by atoms with Gasteiger partial charge in [-0.05, 0) is 56.2 Å². The first-order valence-electron chi connectivity index (χ1n) is 12.7. The van der Waals surface area contributed by atoms with E-state index in [1.807, 2.05) is 6.07 Å². The number of carbonyl (C=O) groups is 3. The van der Waals surface area contributed by atoms with Gasteiger partial charge in [-0.15, -0.1) is 6.42 Å². The number of benzene rings is 2. The third-order valence-corrected chi connectivity index (χ3v) is 8.84. The molecular formula is C29H29FN4O5S. The second-order valence-corrected chi connectivity index (χ2v) is 13.1. The van der Waals surface area contributed by atoms with Crippen LogP contribution in [0, 0.1) is 12.3 Å². The third kappa shape index (κ3) is 4.42. The highest BCUT2D eigenvalue weighted by atomic mass is 32.2. The fourth-order valence-corrected chi connectivity index (χ4v) is 6.59. The van der Waals surface area contributed by atoms with Crippen LogP contribution >= 0.6 is 0 Å². The Balaban J connectivity index is 1.65. The Labute approximate surface area is 231 Å². The number of halogens is 1. The number of aromatic nitrogens is 1. The van der Waals surface area contributed by atoms with Crippen molar-refractivity contribution in [3.8, 4) is 12.3 Å². The van der Waals surface area contributed by atoms with E-state index in [9.17, 15) is 22.8 Å². The first-order valence-corrected chi connectivity index (χ1v) is 14.6. The number of carbonyl (C=O) groups excluding carboxylic acids is 3. The summed E-state index contributed by atoms with van der Waals surface area (Å²) in [5.74, 6) is 0.902. The Hall–Kier alpha value is -4.17. The Morgan fingerprint density at radius 3 is 2.58 bits per heavy atom. The molecule has 3 amide bonds. The van der Waals surface area contributed by atoms with Gasteiger partial charge in [-0.25, -0.2) is 12.8 Å². The summed E-state index contributed by atoms with van der Waals surface area (Å²) in [6.07, 6.45) is 6.75. The van der Waals surface area contributed by atoms with Crippen molar-refractivity contribution >= 4 is 44.1 Å². The molecule has 208 valence electrons. The van der Waals surface area contributed by atoms with E-state index in [4.69, 9.17) is 12.2 Å². The van der Waals surface area contributed by atoms with Crippen LogP contribution in [0.2, 0.25) is 0 Å². The number of fused-ring (bicyclic) bond motifs is 3. The fourth-order valence-electron chi connectivity index (χ4n) is 5.93. The summed E-state index contributed by atoms with van der Waals surface area (Å²) < 4.78 is 40.9. The summed E-state index contributed by atoms with van der Waals surface area (Å²) in [7, 11) is -3.57. The Kier molecular flexibility index (Phi) is 6.30. The number of terminal acetylenes is 1. The Morgan fingerprint density at radius 1 is 1.25 bits per heavy atom. The molecule has 1 fully saturated rings. The zero-order valence-corrected chi connectivity index (χ0v) is 23.1. The number of nitrogens with zero attached hydrogens (tertiary/aromatic N) is 2. The molecule has 11 heteroatoms. The second-order valence-electron chi connectivity index (χ2n) is 11.1. The standard InChI is InChI=1S/C29H29FN4O5S/c1-5-18-14-29(20-8-6-7-9-21(20)32-27(29)37)16-33(18)26(36)24(15-28(2,3)30)34-22-11-10-19(40(4,38)39)12-17(22)13-23(34)25(31)35/h1,6-13,18,24H,14-16H2,2-4H3,(H2,31,35)(H,32,37)/t18-,24+,29+/m1/s1. The maximum absolute atomic E-state index is 15.3. The molecule has 0 saturated carbocycles. The van der Waals surface area contributed by atoms with Crippen LogP contribution in [0.1, 0.15) is 48.8 Å². The van der Waals surface area contributed by atoms with Crippen LogP contribution in [-0.2, 0) is 24.8 Å². The van der Waals surface area contributed by atoms with Crippen molar-refractivity contribution in [1.82, 2.24) is 9.47 Å². The van der Waals surface area contributed by atoms with Crippen LogP contribution in [0.15, 0.2) is 53.4 Å². The van der Waals surface area contributed by atoms with E-state index < -0.39 is 44.8 Å². The zero-order valence-electron chi connectivity index (χ0n) is 22.3. The smallest absolute Gasteiger partial charge is 0.265 e. The molecule has 0 unspecified atom stereocenters. The molecule has 3 heterocycles. The van der Waals surface area contributed by atoms with Crippen LogP contribution < -0.4 is 11.1 Å². The average molecular weight is 565 g/mol. The monoisotopic (exact) mass is 564 g/mol. The van der Waals surface area contributed by atoms with E-state index in [1.54, 1.807) is 18.2 Å². The topological polar surface area (TPSA) is 132 Å². The van der Waals surface area contributed by atoms with Gasteiger partial charge in [-0.2, -0.15) is 0 Å². The molecule has 3 aromatic rings. The Bertz CT molecular complexity index is 1730. The lowest BCUT2D eigenvalue weighted by molar-refractivity contribution is -0.136. The number of sulfone groups is 1. The van der Waals surface area contributed by atoms with Gasteiger partial charge in [0.25, 0.3) is 5.91 Å². The second kappa shape index (κ2) is 9.20. The summed E-state index contributed by atoms with van der Waals surface area (Å²) in [5.41, 5.74) is 4.38. The number of alkyl halides is 1. The molecule has 5 rings (SSSR count). The number of likely N-dealkylation sites (tertiary alicyclic amines) is 1. The highest BCUT2D eigenvalue weighted by Gasteiger charge is 2.56. The number of nitrogens with two attached hydrogens (primary N) is 1. The van der Waals surface area contributed by atoms with Crippen molar-refractivity contribution in [2.45, 2.75) is 54.8 Å². The maximum atomic E-state index is 15.3. The summed E-state index contributed by atoms with van der Waals surface area (Å²) in [6.45, 7) is 2.60. The lowest BCUT2D eigenvalue weighted by Crippen LogP contribution is -2.44. The summed E-state index contributed by atoms with van der Waals surface area (Å²) >= 11 is 0. The number of rotatable bonds is 6. The first-order chi connectivity index (χ1) is 18.7. The van der Waals surface area contributed by atoms with Gasteiger partial charge in [0.15, 0.2) is 9.84 Å². The molecule has 40 heavy (non-hydrogen) atoms. The van der Waals surface area contributed by atoms with Crippen LogP contribution in [0.5, 0.6) is 0 Å². The van der Waals surface area contributed by atoms with Crippen molar-refractivity contribution in [2.24, 2.45) is 5.73 Å². The lowest BCUT2D eigenvalue weighted by atomic mass is 9.79. The predicted octanol–water partition coefficient (Wildman–Crippen LogP) is 2.95. The number of anilines is 1. The molecule has 3 N–H and O–H groups in total. The molecule has 0 aliphatic carbocycles. The van der Waals surface area contributed by atoms with Crippen LogP contribution in [0.25, 0.3) is 10.9 Å². The number of hydrogen-bond acceptors (Lipinski definition) is 5. The quantitative estimate of drug-likeness (QED) is 0.445. The van der Waals surface area contributed by atoms with Gasteiger partial charge in [-0.1, -0.05) is 24.1 Å². The molecule has 2 aliphatic heterocycles. The van der Waals surface area contributed by atoms with Gasteiger partial charge < -0.3 is 20.5 Å². The molecule has 0 bridgehead atoms. The van der Waals surface area contributed by atoms with Gasteiger partial charge in [-0.3, -0.25) is 14.4 Å². The van der Waals surface area contributed by atoms with E-state index >= 15 is 4.39 Å². The van der Waals surface area contributed by atoms with Gasteiger partial charge in [0.1, 0.15) is 17.4 Å². The van der Waals surface area contributed by atoms with Crippen molar-refractivity contribution in [1.29, 1.82) is 0 Å². The van der Waals surface area contributed by atoms with Gasteiger partial charge in [0.2, 0.25) is 11.8 Å². The normalized spacial score (nSPS) is 21.3. The largest absolute Gasteiger partial charge is 0.364 e. The molecule has 3 atom stereocenters. The van der Waals surface area contributed by atoms with E-state index in [1.165, 1.54) is 47.6 Å². The van der Waals surface area contributed by atoms with Crippen LogP contribution in [0.3, 0.4) is 0 Å². The number of para-hydroxylation sites is 1. The van der Waals surface area contributed by atoms with Crippen LogP contribution in [-0.4, -0.2) is 60.1 Å². The minimum atomic E-state index is -3.57. The van der Waals surface area contributed by atoms with Crippen molar-refractivity contribution in [3.63, 3.8) is 0 Å². The van der Waals surface area contributed by atoms with E-state index in [-0.39, 0.29) is 35.9 Å². The van der Waals surface area contributed by atoms with Crippen molar-refractivity contribution in [2.75, 3.05) is 18.1 Å². The molecule has 1 aromatic heterocycles.